The van der Waals surface area contributed by atoms with Gasteiger partial charge in [-0.05, 0) is 96.3 Å². The van der Waals surface area contributed by atoms with Gasteiger partial charge >= 0.3 is 17.9 Å². The maximum Gasteiger partial charge on any atom is 0.306 e. The summed E-state index contributed by atoms with van der Waals surface area (Å²) in [6.07, 6.45) is 93.1. The molecule has 0 aliphatic rings. The van der Waals surface area contributed by atoms with Crippen molar-refractivity contribution in [3.63, 3.8) is 0 Å². The molecule has 0 radical (unpaired) electrons. The van der Waals surface area contributed by atoms with Gasteiger partial charge in [-0.15, -0.1) is 0 Å². The van der Waals surface area contributed by atoms with Crippen molar-refractivity contribution in [3.8, 4) is 0 Å². The first kappa shape index (κ1) is 78.6. The minimum Gasteiger partial charge on any atom is -0.462 e. The topological polar surface area (TPSA) is 78.9 Å². The number of unbranched alkanes of at least 4 members (excludes halogenated alkanes) is 40. The highest BCUT2D eigenvalue weighted by atomic mass is 16.6. The molecule has 0 aliphatic heterocycles. The Morgan fingerprint density at radius 1 is 0.256 bits per heavy atom. The highest BCUT2D eigenvalue weighted by Crippen LogP contribution is 2.18. The number of esters is 3. The number of carbonyl (C=O) groups excluding carboxylic acids is 3. The third-order valence-electron chi connectivity index (χ3n) is 15.6. The van der Waals surface area contributed by atoms with Crippen LogP contribution >= 0.6 is 0 Å². The third kappa shape index (κ3) is 67.4. The Labute approximate surface area is 509 Å². The molecule has 0 aromatic rings. The Hall–Kier alpha value is -3.41. The van der Waals surface area contributed by atoms with Gasteiger partial charge in [0.15, 0.2) is 6.10 Å². The second-order valence-electron chi connectivity index (χ2n) is 23.8. The SMILES string of the molecule is CC/C=C\C/C=C\C/C=C\C/C=C\C/C=C\CCCCCCCCCC(=O)OCC(COC(=O)CCCCCCCCCCCCCCCCCCCCCC)OC(=O)CCCCCCCCCCC/C=C\C/C=C\CCCCCCC. The average Bonchev–Trinajstić information content (AvgIpc) is 3.47. The van der Waals surface area contributed by atoms with Crippen molar-refractivity contribution in [3.05, 3.63) is 85.1 Å². The average molecular weight is 1140 g/mol. The van der Waals surface area contributed by atoms with Crippen molar-refractivity contribution in [2.24, 2.45) is 0 Å². The standard InChI is InChI=1S/C76H134O6/c1-4-7-10-13-16-19-22-25-28-31-34-37-38-40-42-45-48-51-54-57-60-63-66-69-75(78)81-72-73(71-80-74(77)68-65-62-59-56-53-50-47-44-41-36-33-30-27-24-21-18-15-12-9-6-3)82-76(79)70-67-64-61-58-55-52-49-46-43-39-35-32-29-26-23-20-17-14-11-8-5-2/h7,10,16,19,23,25-26,28,32,34-35,37,40,42,73H,4-6,8-9,11-15,17-18,20-22,24,27,29-31,33,36,38-39,41,43-72H2,1-3H3/b10-7-,19-16-,26-23-,28-25-,35-32-,37-34-,42-40-. The van der Waals surface area contributed by atoms with Crippen LogP contribution in [-0.2, 0) is 28.6 Å². The van der Waals surface area contributed by atoms with Gasteiger partial charge in [0, 0.05) is 19.3 Å². The normalized spacial score (nSPS) is 12.6. The second-order valence-corrected chi connectivity index (χ2v) is 23.8. The van der Waals surface area contributed by atoms with Gasteiger partial charge < -0.3 is 14.2 Å². The number of ether oxygens (including phenoxy) is 3. The van der Waals surface area contributed by atoms with E-state index >= 15 is 0 Å². The summed E-state index contributed by atoms with van der Waals surface area (Å²) in [5.74, 6) is -0.873. The number of hydrogen-bond acceptors (Lipinski definition) is 6. The highest BCUT2D eigenvalue weighted by Gasteiger charge is 2.19. The van der Waals surface area contributed by atoms with Crippen LogP contribution in [0.15, 0.2) is 85.1 Å². The predicted molar refractivity (Wildman–Crippen MR) is 358 cm³/mol. The zero-order valence-corrected chi connectivity index (χ0v) is 54.5. The van der Waals surface area contributed by atoms with E-state index in [2.05, 4.69) is 106 Å². The first-order chi connectivity index (χ1) is 40.5. The molecule has 0 heterocycles. The molecule has 0 aliphatic carbocycles. The summed E-state index contributed by atoms with van der Waals surface area (Å²) in [4.78, 5) is 38.5. The maximum absolute atomic E-state index is 13.0. The van der Waals surface area contributed by atoms with Crippen LogP contribution in [0.3, 0.4) is 0 Å². The van der Waals surface area contributed by atoms with Gasteiger partial charge in [-0.1, -0.05) is 331 Å². The summed E-state index contributed by atoms with van der Waals surface area (Å²) in [5.41, 5.74) is 0. The molecule has 474 valence electrons. The fraction of sp³-hybridized carbons (Fsp3) is 0.776. The van der Waals surface area contributed by atoms with Crippen LogP contribution in [0.1, 0.15) is 361 Å². The molecule has 0 saturated heterocycles. The molecule has 0 aromatic heterocycles. The minimum absolute atomic E-state index is 0.0783. The zero-order valence-electron chi connectivity index (χ0n) is 54.5. The minimum atomic E-state index is -0.785. The van der Waals surface area contributed by atoms with E-state index in [0.717, 1.165) is 103 Å². The zero-order chi connectivity index (χ0) is 59.2. The molecule has 0 amide bonds. The van der Waals surface area contributed by atoms with Crippen molar-refractivity contribution < 1.29 is 28.6 Å². The number of carbonyl (C=O) groups is 3. The smallest absolute Gasteiger partial charge is 0.306 e. The van der Waals surface area contributed by atoms with E-state index < -0.39 is 6.10 Å². The lowest BCUT2D eigenvalue weighted by molar-refractivity contribution is -0.167. The van der Waals surface area contributed by atoms with Gasteiger partial charge in [-0.25, -0.2) is 0 Å². The lowest BCUT2D eigenvalue weighted by Crippen LogP contribution is -2.30. The molecule has 0 rings (SSSR count). The Morgan fingerprint density at radius 2 is 0.476 bits per heavy atom. The number of rotatable bonds is 65. The molecule has 82 heavy (non-hydrogen) atoms. The third-order valence-corrected chi connectivity index (χ3v) is 15.6. The molecule has 0 spiro atoms. The summed E-state index contributed by atoms with van der Waals surface area (Å²) < 4.78 is 17.0. The first-order valence-electron chi connectivity index (χ1n) is 35.6. The first-order valence-corrected chi connectivity index (χ1v) is 35.6. The molecule has 0 aromatic carbocycles. The van der Waals surface area contributed by atoms with E-state index in [-0.39, 0.29) is 31.1 Å². The van der Waals surface area contributed by atoms with Crippen LogP contribution in [0.5, 0.6) is 0 Å². The Balaban J connectivity index is 4.39. The van der Waals surface area contributed by atoms with E-state index in [1.807, 2.05) is 0 Å². The highest BCUT2D eigenvalue weighted by molar-refractivity contribution is 5.71. The van der Waals surface area contributed by atoms with E-state index in [9.17, 15) is 14.4 Å². The summed E-state index contributed by atoms with van der Waals surface area (Å²) in [6, 6.07) is 0. The van der Waals surface area contributed by atoms with Crippen LogP contribution in [0.4, 0.5) is 0 Å². The molecule has 0 N–H and O–H groups in total. The quantitative estimate of drug-likeness (QED) is 0.0261. The predicted octanol–water partition coefficient (Wildman–Crippen LogP) is 24.6. The van der Waals surface area contributed by atoms with E-state index in [1.165, 1.54) is 218 Å². The fourth-order valence-electron chi connectivity index (χ4n) is 10.3. The summed E-state index contributed by atoms with van der Waals surface area (Å²) in [7, 11) is 0. The van der Waals surface area contributed by atoms with Crippen LogP contribution in [-0.4, -0.2) is 37.2 Å². The molecule has 1 atom stereocenters. The Kier molecular flexibility index (Phi) is 67.2. The lowest BCUT2D eigenvalue weighted by atomic mass is 10.0. The number of allylic oxidation sites excluding steroid dienone is 14. The van der Waals surface area contributed by atoms with E-state index in [0.29, 0.717) is 19.3 Å². The molecule has 0 fully saturated rings. The van der Waals surface area contributed by atoms with Crippen molar-refractivity contribution in [1.82, 2.24) is 0 Å². The van der Waals surface area contributed by atoms with Crippen LogP contribution in [0, 0.1) is 0 Å². The fourth-order valence-corrected chi connectivity index (χ4v) is 10.3. The molecular formula is C76H134O6. The second kappa shape index (κ2) is 70.1. The summed E-state index contributed by atoms with van der Waals surface area (Å²) in [5, 5.41) is 0. The van der Waals surface area contributed by atoms with Crippen LogP contribution in [0.25, 0.3) is 0 Å². The summed E-state index contributed by atoms with van der Waals surface area (Å²) >= 11 is 0. The molecule has 6 heteroatoms. The number of hydrogen-bond donors (Lipinski definition) is 0. The molecule has 0 bridgehead atoms. The van der Waals surface area contributed by atoms with Crippen molar-refractivity contribution >= 4 is 17.9 Å². The van der Waals surface area contributed by atoms with Crippen molar-refractivity contribution in [1.29, 1.82) is 0 Å². The van der Waals surface area contributed by atoms with Crippen LogP contribution in [0.2, 0.25) is 0 Å². The lowest BCUT2D eigenvalue weighted by Gasteiger charge is -2.18. The molecular weight excluding hydrogens is 1010 g/mol. The van der Waals surface area contributed by atoms with E-state index in [1.54, 1.807) is 0 Å². The van der Waals surface area contributed by atoms with Gasteiger partial charge in [-0.3, -0.25) is 14.4 Å². The Bertz CT molecular complexity index is 1550. The monoisotopic (exact) mass is 1140 g/mol. The largest absolute Gasteiger partial charge is 0.462 e. The van der Waals surface area contributed by atoms with Gasteiger partial charge in [-0.2, -0.15) is 0 Å². The maximum atomic E-state index is 13.0. The Morgan fingerprint density at radius 3 is 0.744 bits per heavy atom. The molecule has 0 saturated carbocycles. The summed E-state index contributed by atoms with van der Waals surface area (Å²) in [6.45, 7) is 6.56. The van der Waals surface area contributed by atoms with Crippen LogP contribution < -0.4 is 0 Å². The van der Waals surface area contributed by atoms with Gasteiger partial charge in [0.05, 0.1) is 0 Å². The van der Waals surface area contributed by atoms with Gasteiger partial charge in [0.1, 0.15) is 13.2 Å². The molecule has 6 nitrogen and oxygen atoms in total. The van der Waals surface area contributed by atoms with E-state index in [4.69, 9.17) is 14.2 Å². The van der Waals surface area contributed by atoms with Crippen molar-refractivity contribution in [2.75, 3.05) is 13.2 Å². The van der Waals surface area contributed by atoms with Crippen molar-refractivity contribution in [2.45, 2.75) is 367 Å². The van der Waals surface area contributed by atoms with Gasteiger partial charge in [0.2, 0.25) is 0 Å². The molecule has 1 unspecified atom stereocenters. The van der Waals surface area contributed by atoms with Gasteiger partial charge in [0.25, 0.3) is 0 Å².